The van der Waals surface area contributed by atoms with Crippen LogP contribution in [0, 0.1) is 0 Å². The van der Waals surface area contributed by atoms with Crippen molar-refractivity contribution in [2.24, 2.45) is 0 Å². The van der Waals surface area contributed by atoms with E-state index in [9.17, 15) is 0 Å². The standard InChI is InChI=1S/C24H38O3Si4/c1-9-29(7,10-2)25-28(5,6)26-31(23-19-15-13-16-20-23,24-21-17-14-18-22-24)27-30(8,11-3)12-4/h9-10,13-22H,1-2,11-12H2,3-8H3. The molecule has 0 aliphatic carbocycles. The van der Waals surface area contributed by atoms with Crippen LogP contribution in [-0.2, 0) is 12.3 Å². The van der Waals surface area contributed by atoms with Crippen molar-refractivity contribution >= 4 is 44.1 Å². The molecule has 0 radical (unpaired) electrons. The highest BCUT2D eigenvalue weighted by Gasteiger charge is 2.52. The average Bonchev–Trinajstić information content (AvgIpc) is 2.79. The minimum atomic E-state index is -3.03. The first kappa shape index (κ1) is 25.9. The Morgan fingerprint density at radius 2 is 1.10 bits per heavy atom. The molecular formula is C24H38O3Si4. The number of benzene rings is 2. The topological polar surface area (TPSA) is 27.7 Å². The maximum absolute atomic E-state index is 7.29. The number of rotatable bonds is 12. The Balaban J connectivity index is 2.70. The molecule has 0 saturated carbocycles. The molecule has 2 aromatic rings. The quantitative estimate of drug-likeness (QED) is 0.364. The third kappa shape index (κ3) is 6.35. The van der Waals surface area contributed by atoms with Gasteiger partial charge in [0.25, 0.3) is 0 Å². The Hall–Kier alpha value is -1.33. The van der Waals surface area contributed by atoms with Crippen LogP contribution in [0.15, 0.2) is 85.2 Å². The van der Waals surface area contributed by atoms with Crippen molar-refractivity contribution in [3.8, 4) is 0 Å². The maximum Gasteiger partial charge on any atom is 0.388 e. The molecule has 0 atom stereocenters. The van der Waals surface area contributed by atoms with Crippen molar-refractivity contribution in [1.29, 1.82) is 0 Å². The Kier molecular flexibility index (Phi) is 8.80. The van der Waals surface area contributed by atoms with E-state index in [2.05, 4.69) is 102 Å². The Morgan fingerprint density at radius 3 is 1.45 bits per heavy atom. The zero-order valence-corrected chi connectivity index (χ0v) is 24.0. The van der Waals surface area contributed by atoms with Crippen molar-refractivity contribution in [3.63, 3.8) is 0 Å². The summed E-state index contributed by atoms with van der Waals surface area (Å²) in [4.78, 5) is 0. The summed E-state index contributed by atoms with van der Waals surface area (Å²) >= 11 is 0. The van der Waals surface area contributed by atoms with Gasteiger partial charge in [0, 0.05) is 0 Å². The molecule has 2 rings (SSSR count). The van der Waals surface area contributed by atoms with Gasteiger partial charge in [-0.2, -0.15) is 0 Å². The van der Waals surface area contributed by atoms with Crippen LogP contribution in [0.3, 0.4) is 0 Å². The van der Waals surface area contributed by atoms with Crippen LogP contribution in [0.4, 0.5) is 0 Å². The molecule has 0 aliphatic rings. The minimum absolute atomic E-state index is 1.04. The smallest absolute Gasteiger partial charge is 0.388 e. The van der Waals surface area contributed by atoms with Crippen LogP contribution in [0.1, 0.15) is 13.8 Å². The second kappa shape index (κ2) is 10.5. The summed E-state index contributed by atoms with van der Waals surface area (Å²) in [7, 11) is -9.93. The summed E-state index contributed by atoms with van der Waals surface area (Å²) in [6.45, 7) is 21.2. The molecule has 0 fully saturated rings. The lowest BCUT2D eigenvalue weighted by Gasteiger charge is -2.44. The molecule has 0 spiro atoms. The molecular weight excluding hydrogens is 449 g/mol. The molecule has 0 saturated heterocycles. The van der Waals surface area contributed by atoms with E-state index in [0.717, 1.165) is 22.5 Å². The highest BCUT2D eigenvalue weighted by Crippen LogP contribution is 2.28. The molecule has 0 unspecified atom stereocenters. The van der Waals surface area contributed by atoms with E-state index in [1.807, 2.05) is 23.5 Å². The van der Waals surface area contributed by atoms with Gasteiger partial charge in [-0.25, -0.2) is 0 Å². The fourth-order valence-electron chi connectivity index (χ4n) is 3.54. The van der Waals surface area contributed by atoms with E-state index in [0.29, 0.717) is 0 Å². The van der Waals surface area contributed by atoms with Crippen molar-refractivity contribution in [1.82, 2.24) is 0 Å². The fourth-order valence-corrected chi connectivity index (χ4v) is 20.4. The molecule has 3 nitrogen and oxygen atoms in total. The third-order valence-corrected chi connectivity index (χ3v) is 22.6. The lowest BCUT2D eigenvalue weighted by atomic mass is 10.4. The normalized spacial score (nSPS) is 13.1. The van der Waals surface area contributed by atoms with Crippen LogP contribution in [0.5, 0.6) is 0 Å². The van der Waals surface area contributed by atoms with Gasteiger partial charge in [0.2, 0.25) is 8.32 Å². The van der Waals surface area contributed by atoms with Crippen LogP contribution in [-0.4, -0.2) is 33.8 Å². The SMILES string of the molecule is C=C[Si](C)(C=C)O[Si](C)(C)O[Si](O[Si](C)(CC)CC)(c1ccccc1)c1ccccc1. The predicted octanol–water partition coefficient (Wildman–Crippen LogP) is 5.64. The molecule has 7 heteroatoms. The highest BCUT2D eigenvalue weighted by atomic mass is 28.5. The van der Waals surface area contributed by atoms with Crippen LogP contribution < -0.4 is 10.4 Å². The van der Waals surface area contributed by atoms with E-state index in [-0.39, 0.29) is 0 Å². The van der Waals surface area contributed by atoms with Crippen LogP contribution >= 0.6 is 0 Å². The van der Waals surface area contributed by atoms with E-state index >= 15 is 0 Å². The summed E-state index contributed by atoms with van der Waals surface area (Å²) in [6, 6.07) is 23.1. The fraction of sp³-hybridized carbons (Fsp3) is 0.333. The largest absolute Gasteiger partial charge is 0.430 e. The Labute approximate surface area is 193 Å². The molecule has 0 N–H and O–H groups in total. The van der Waals surface area contributed by atoms with E-state index in [1.54, 1.807) is 0 Å². The van der Waals surface area contributed by atoms with Crippen molar-refractivity contribution in [3.05, 3.63) is 85.2 Å². The van der Waals surface area contributed by atoms with Gasteiger partial charge in [0.15, 0.2) is 8.32 Å². The van der Waals surface area contributed by atoms with E-state index < -0.39 is 33.8 Å². The Bertz CT molecular complexity index is 804. The summed E-state index contributed by atoms with van der Waals surface area (Å²) < 4.78 is 21.2. The molecule has 31 heavy (non-hydrogen) atoms. The van der Waals surface area contributed by atoms with Crippen LogP contribution in [0.2, 0.25) is 38.3 Å². The van der Waals surface area contributed by atoms with Gasteiger partial charge in [-0.05, 0) is 48.6 Å². The van der Waals surface area contributed by atoms with E-state index in [4.69, 9.17) is 12.3 Å². The van der Waals surface area contributed by atoms with Gasteiger partial charge in [0.1, 0.15) is 0 Å². The lowest BCUT2D eigenvalue weighted by molar-refractivity contribution is 0.342. The first-order valence-corrected chi connectivity index (χ1v) is 21.1. The molecule has 0 aliphatic heterocycles. The highest BCUT2D eigenvalue weighted by molar-refractivity contribution is 7.03. The first-order chi connectivity index (χ1) is 14.6. The molecule has 0 bridgehead atoms. The lowest BCUT2D eigenvalue weighted by Crippen LogP contribution is -2.71. The molecule has 2 aromatic carbocycles. The third-order valence-electron chi connectivity index (χ3n) is 5.86. The molecule has 0 heterocycles. The zero-order valence-electron chi connectivity index (χ0n) is 20.0. The summed E-state index contributed by atoms with van der Waals surface area (Å²) in [5.74, 6) is 0. The monoisotopic (exact) mass is 486 g/mol. The van der Waals surface area contributed by atoms with Crippen molar-refractivity contribution in [2.45, 2.75) is 52.1 Å². The van der Waals surface area contributed by atoms with Gasteiger partial charge in [-0.3, -0.25) is 0 Å². The summed E-state index contributed by atoms with van der Waals surface area (Å²) in [5.41, 5.74) is 3.84. The number of hydrogen-bond acceptors (Lipinski definition) is 3. The average molecular weight is 487 g/mol. The second-order valence-electron chi connectivity index (χ2n) is 8.80. The van der Waals surface area contributed by atoms with Gasteiger partial charge >= 0.3 is 17.1 Å². The van der Waals surface area contributed by atoms with Gasteiger partial charge in [0.05, 0.1) is 0 Å². The van der Waals surface area contributed by atoms with Gasteiger partial charge < -0.3 is 12.3 Å². The maximum atomic E-state index is 7.29. The van der Waals surface area contributed by atoms with Crippen LogP contribution in [0.25, 0.3) is 0 Å². The first-order valence-electron chi connectivity index (χ1n) is 11.1. The van der Waals surface area contributed by atoms with Crippen molar-refractivity contribution < 1.29 is 12.3 Å². The predicted molar refractivity (Wildman–Crippen MR) is 143 cm³/mol. The van der Waals surface area contributed by atoms with Gasteiger partial charge in [-0.1, -0.05) is 85.9 Å². The Morgan fingerprint density at radius 1 is 0.677 bits per heavy atom. The molecule has 0 aromatic heterocycles. The minimum Gasteiger partial charge on any atom is -0.430 e. The second-order valence-corrected chi connectivity index (χ2v) is 23.9. The van der Waals surface area contributed by atoms with Crippen molar-refractivity contribution in [2.75, 3.05) is 0 Å². The van der Waals surface area contributed by atoms with Gasteiger partial charge in [-0.15, -0.1) is 13.2 Å². The number of hydrogen-bond donors (Lipinski definition) is 0. The summed E-state index contributed by atoms with van der Waals surface area (Å²) in [6.07, 6.45) is 0. The molecule has 168 valence electrons. The van der Waals surface area contributed by atoms with E-state index in [1.165, 1.54) is 0 Å². The summed E-state index contributed by atoms with van der Waals surface area (Å²) in [5, 5.41) is 2.26. The molecule has 0 amide bonds. The zero-order chi connectivity index (χ0) is 23.2.